The Balaban J connectivity index is 1.97. The Labute approximate surface area is 136 Å². The number of amides is 1. The molecule has 120 valence electrons. The van der Waals surface area contributed by atoms with E-state index in [2.05, 4.69) is 0 Å². The molecule has 0 aliphatic carbocycles. The number of hydrogen-bond donors (Lipinski definition) is 0. The average Bonchev–Trinajstić information content (AvgIpc) is 2.61. The average molecular weight is 311 g/mol. The number of nitrogens with zero attached hydrogens (tertiary/aromatic N) is 1. The number of carbonyl (C=O) groups excluding carboxylic acids is 2. The highest BCUT2D eigenvalue weighted by atomic mass is 16.5. The van der Waals surface area contributed by atoms with E-state index in [9.17, 15) is 9.59 Å². The second-order valence-corrected chi connectivity index (χ2v) is 5.06. The summed E-state index contributed by atoms with van der Waals surface area (Å²) in [6.07, 6.45) is 0.473. The summed E-state index contributed by atoms with van der Waals surface area (Å²) in [6, 6.07) is 16.4. The zero-order valence-electron chi connectivity index (χ0n) is 13.5. The van der Waals surface area contributed by atoms with Gasteiger partial charge in [0.2, 0.25) is 0 Å². The minimum Gasteiger partial charge on any atom is -0.484 e. The van der Waals surface area contributed by atoms with Gasteiger partial charge < -0.3 is 9.64 Å². The van der Waals surface area contributed by atoms with Gasteiger partial charge in [-0.3, -0.25) is 9.59 Å². The van der Waals surface area contributed by atoms with Crippen molar-refractivity contribution in [1.82, 2.24) is 0 Å². The summed E-state index contributed by atoms with van der Waals surface area (Å²) in [4.78, 5) is 25.6. The smallest absolute Gasteiger partial charge is 0.264 e. The fourth-order valence-electron chi connectivity index (χ4n) is 2.28. The number of anilines is 1. The first-order chi connectivity index (χ1) is 11.2. The van der Waals surface area contributed by atoms with Gasteiger partial charge in [0.05, 0.1) is 0 Å². The summed E-state index contributed by atoms with van der Waals surface area (Å²) >= 11 is 0. The van der Waals surface area contributed by atoms with E-state index in [0.717, 1.165) is 5.69 Å². The zero-order valence-corrected chi connectivity index (χ0v) is 13.5. The maximum atomic E-state index is 12.3. The maximum Gasteiger partial charge on any atom is 0.264 e. The van der Waals surface area contributed by atoms with Crippen molar-refractivity contribution in [1.29, 1.82) is 0 Å². The summed E-state index contributed by atoms with van der Waals surface area (Å²) in [5.74, 6) is 0.566. The Morgan fingerprint density at radius 2 is 1.61 bits per heavy atom. The summed E-state index contributed by atoms with van der Waals surface area (Å²) in [6.45, 7) is 4.30. The molecule has 0 heterocycles. The van der Waals surface area contributed by atoms with E-state index in [-0.39, 0.29) is 18.3 Å². The van der Waals surface area contributed by atoms with Crippen molar-refractivity contribution in [3.05, 3.63) is 60.2 Å². The highest BCUT2D eigenvalue weighted by molar-refractivity contribution is 5.96. The molecule has 2 rings (SSSR count). The third-order valence-electron chi connectivity index (χ3n) is 3.54. The Kier molecular flexibility index (Phi) is 5.92. The van der Waals surface area contributed by atoms with Crippen LogP contribution in [0, 0.1) is 0 Å². The monoisotopic (exact) mass is 311 g/mol. The quantitative estimate of drug-likeness (QED) is 0.732. The topological polar surface area (TPSA) is 46.6 Å². The van der Waals surface area contributed by atoms with Crippen LogP contribution in [0.5, 0.6) is 5.75 Å². The van der Waals surface area contributed by atoms with Gasteiger partial charge in [0.25, 0.3) is 5.91 Å². The molecule has 4 heteroatoms. The number of ketones is 1. The van der Waals surface area contributed by atoms with Gasteiger partial charge in [-0.15, -0.1) is 0 Å². The summed E-state index contributed by atoms with van der Waals surface area (Å²) in [7, 11) is 0. The molecule has 0 saturated heterocycles. The highest BCUT2D eigenvalue weighted by Gasteiger charge is 2.14. The summed E-state index contributed by atoms with van der Waals surface area (Å²) < 4.78 is 5.54. The van der Waals surface area contributed by atoms with Crippen LogP contribution in [0.25, 0.3) is 0 Å². The molecular weight excluding hydrogens is 290 g/mol. The first-order valence-electron chi connectivity index (χ1n) is 7.77. The van der Waals surface area contributed by atoms with Crippen LogP contribution in [0.3, 0.4) is 0 Å². The van der Waals surface area contributed by atoms with Crippen molar-refractivity contribution >= 4 is 17.4 Å². The molecule has 0 aliphatic rings. The van der Waals surface area contributed by atoms with Gasteiger partial charge in [0, 0.05) is 24.2 Å². The molecule has 0 fully saturated rings. The van der Waals surface area contributed by atoms with Crippen LogP contribution < -0.4 is 9.64 Å². The van der Waals surface area contributed by atoms with E-state index in [0.29, 0.717) is 24.3 Å². The van der Waals surface area contributed by atoms with Crippen molar-refractivity contribution in [3.8, 4) is 5.75 Å². The van der Waals surface area contributed by atoms with Crippen LogP contribution in [-0.2, 0) is 4.79 Å². The Hall–Kier alpha value is -2.62. The van der Waals surface area contributed by atoms with E-state index >= 15 is 0 Å². The third kappa shape index (κ3) is 4.42. The molecule has 0 bridgehead atoms. The molecule has 0 N–H and O–H groups in total. The van der Waals surface area contributed by atoms with E-state index in [1.54, 1.807) is 29.2 Å². The lowest BCUT2D eigenvalue weighted by Crippen LogP contribution is -2.34. The van der Waals surface area contributed by atoms with Crippen molar-refractivity contribution in [2.45, 2.75) is 20.3 Å². The fourth-order valence-corrected chi connectivity index (χ4v) is 2.28. The molecule has 23 heavy (non-hydrogen) atoms. The number of ether oxygens (including phenoxy) is 1. The third-order valence-corrected chi connectivity index (χ3v) is 3.54. The van der Waals surface area contributed by atoms with Crippen molar-refractivity contribution in [3.63, 3.8) is 0 Å². The van der Waals surface area contributed by atoms with E-state index in [1.165, 1.54) is 0 Å². The number of Topliss-reactive ketones (excluding diaryl/α,β-unsaturated/α-hetero) is 1. The number of carbonyl (C=O) groups is 2. The lowest BCUT2D eigenvalue weighted by molar-refractivity contribution is -0.120. The molecule has 0 radical (unpaired) electrons. The first-order valence-corrected chi connectivity index (χ1v) is 7.77. The van der Waals surface area contributed by atoms with Crippen molar-refractivity contribution in [2.24, 2.45) is 0 Å². The summed E-state index contributed by atoms with van der Waals surface area (Å²) in [5.41, 5.74) is 1.51. The van der Waals surface area contributed by atoms with Crippen molar-refractivity contribution in [2.75, 3.05) is 18.1 Å². The van der Waals surface area contributed by atoms with E-state index < -0.39 is 0 Å². The molecule has 2 aromatic carbocycles. The fraction of sp³-hybridized carbons (Fsp3) is 0.263. The molecule has 0 aliphatic heterocycles. The first kappa shape index (κ1) is 16.7. The normalized spacial score (nSPS) is 10.2. The minimum absolute atomic E-state index is 0.0379. The van der Waals surface area contributed by atoms with E-state index in [1.807, 2.05) is 44.2 Å². The molecule has 0 aromatic heterocycles. The van der Waals surface area contributed by atoms with Crippen LogP contribution in [-0.4, -0.2) is 24.8 Å². The molecule has 1 amide bonds. The second kappa shape index (κ2) is 8.13. The Morgan fingerprint density at radius 3 is 2.17 bits per heavy atom. The van der Waals surface area contributed by atoms with E-state index in [4.69, 9.17) is 4.74 Å². The molecular formula is C19H21NO3. The predicted molar refractivity (Wildman–Crippen MR) is 91.0 cm³/mol. The van der Waals surface area contributed by atoms with Gasteiger partial charge in [-0.25, -0.2) is 0 Å². The van der Waals surface area contributed by atoms with Crippen LogP contribution in [0.4, 0.5) is 5.69 Å². The number of benzene rings is 2. The van der Waals surface area contributed by atoms with Gasteiger partial charge in [-0.05, 0) is 43.3 Å². The van der Waals surface area contributed by atoms with Gasteiger partial charge in [-0.2, -0.15) is 0 Å². The van der Waals surface area contributed by atoms with Gasteiger partial charge in [0.1, 0.15) is 5.75 Å². The maximum absolute atomic E-state index is 12.3. The molecule has 4 nitrogen and oxygen atoms in total. The highest BCUT2D eigenvalue weighted by Crippen LogP contribution is 2.16. The van der Waals surface area contributed by atoms with Gasteiger partial charge in [-0.1, -0.05) is 25.1 Å². The molecule has 0 unspecified atom stereocenters. The SMILES string of the molecule is CCC(=O)c1ccc(OCC(=O)N(CC)c2ccccc2)cc1. The summed E-state index contributed by atoms with van der Waals surface area (Å²) in [5, 5.41) is 0. The Morgan fingerprint density at radius 1 is 0.957 bits per heavy atom. The molecule has 2 aromatic rings. The molecule has 0 saturated carbocycles. The molecule has 0 atom stereocenters. The second-order valence-electron chi connectivity index (χ2n) is 5.06. The zero-order chi connectivity index (χ0) is 16.7. The standard InChI is InChI=1S/C19H21NO3/c1-3-18(21)15-10-12-17(13-11-15)23-14-19(22)20(4-2)16-8-6-5-7-9-16/h5-13H,3-4,14H2,1-2H3. The lowest BCUT2D eigenvalue weighted by atomic mass is 10.1. The van der Waals surface area contributed by atoms with Gasteiger partial charge in [0.15, 0.2) is 12.4 Å². The minimum atomic E-state index is -0.104. The predicted octanol–water partition coefficient (Wildman–Crippen LogP) is 3.71. The molecule has 0 spiro atoms. The Bertz CT molecular complexity index is 650. The van der Waals surface area contributed by atoms with Crippen LogP contribution >= 0.6 is 0 Å². The van der Waals surface area contributed by atoms with Crippen LogP contribution in [0.15, 0.2) is 54.6 Å². The van der Waals surface area contributed by atoms with Crippen LogP contribution in [0.2, 0.25) is 0 Å². The number of rotatable bonds is 7. The lowest BCUT2D eigenvalue weighted by Gasteiger charge is -2.21. The van der Waals surface area contributed by atoms with Crippen molar-refractivity contribution < 1.29 is 14.3 Å². The van der Waals surface area contributed by atoms with Crippen LogP contribution in [0.1, 0.15) is 30.6 Å². The number of para-hydroxylation sites is 1. The number of hydrogen-bond acceptors (Lipinski definition) is 3. The number of likely N-dealkylation sites (N-methyl/N-ethyl adjacent to an activating group) is 1. The largest absolute Gasteiger partial charge is 0.484 e. The van der Waals surface area contributed by atoms with Gasteiger partial charge >= 0.3 is 0 Å².